The van der Waals surface area contributed by atoms with Crippen LogP contribution in [-0.2, 0) is 10.0 Å². The Kier molecular flexibility index (Phi) is 6.41. The van der Waals surface area contributed by atoms with Crippen LogP contribution in [0.2, 0.25) is 0 Å². The third-order valence-corrected chi connectivity index (χ3v) is 7.70. The van der Waals surface area contributed by atoms with Gasteiger partial charge in [-0.15, -0.1) is 0 Å². The number of methoxy groups -OCH3 is 1. The number of sulfonamides is 1. The summed E-state index contributed by atoms with van der Waals surface area (Å²) in [5, 5.41) is 0. The van der Waals surface area contributed by atoms with Crippen molar-refractivity contribution in [1.82, 2.24) is 4.31 Å². The molecule has 0 spiro atoms. The molecule has 0 fully saturated rings. The number of anilines is 2. The highest BCUT2D eigenvalue weighted by atomic mass is 79.9. The highest BCUT2D eigenvalue weighted by Gasteiger charge is 2.38. The average molecular weight is 507 g/mol. The molecule has 5 nitrogen and oxygen atoms in total. The Hall–Kier alpha value is -1.78. The average Bonchev–Trinajstić information content (AvgIpc) is 2.74. The van der Waals surface area contributed by atoms with E-state index in [0.717, 1.165) is 11.2 Å². The predicted molar refractivity (Wildman–Crippen MR) is 113 cm³/mol. The molecular weight excluding hydrogens is 485 g/mol. The van der Waals surface area contributed by atoms with Crippen LogP contribution in [0.25, 0.3) is 0 Å². The van der Waals surface area contributed by atoms with E-state index >= 15 is 0 Å². The summed E-state index contributed by atoms with van der Waals surface area (Å²) >= 11 is 3.38. The van der Waals surface area contributed by atoms with Gasteiger partial charge in [0.05, 0.1) is 17.3 Å². The molecule has 30 heavy (non-hydrogen) atoms. The number of rotatable bonds is 5. The van der Waals surface area contributed by atoms with Crippen molar-refractivity contribution < 1.29 is 26.3 Å². The molecule has 1 heterocycles. The smallest absolute Gasteiger partial charge is 0.245 e. The Morgan fingerprint density at radius 1 is 1.23 bits per heavy atom. The van der Waals surface area contributed by atoms with Gasteiger partial charge in [-0.05, 0) is 59.6 Å². The first-order chi connectivity index (χ1) is 13.9. The van der Waals surface area contributed by atoms with Crippen molar-refractivity contribution in [3.05, 3.63) is 46.7 Å². The maximum Gasteiger partial charge on any atom is 0.245 e. The highest BCUT2D eigenvalue weighted by molar-refractivity contribution is 9.10. The van der Waals surface area contributed by atoms with E-state index in [4.69, 9.17) is 4.74 Å². The zero-order valence-corrected chi connectivity index (χ0v) is 19.1. The lowest BCUT2D eigenvalue weighted by Gasteiger charge is -2.30. The lowest BCUT2D eigenvalue weighted by Crippen LogP contribution is -2.41. The first kappa shape index (κ1) is 22.9. The molecule has 0 aliphatic carbocycles. The van der Waals surface area contributed by atoms with Gasteiger partial charge in [-0.25, -0.2) is 21.6 Å². The van der Waals surface area contributed by atoms with Crippen LogP contribution in [0.4, 0.5) is 24.5 Å². The maximum absolute atomic E-state index is 13.5. The Morgan fingerprint density at radius 2 is 1.87 bits per heavy atom. The highest BCUT2D eigenvalue weighted by Crippen LogP contribution is 2.42. The minimum absolute atomic E-state index is 0.0138. The van der Waals surface area contributed by atoms with Gasteiger partial charge < -0.3 is 9.64 Å². The molecule has 2 aromatic carbocycles. The SMILES string of the molecule is COc1cc2c(cc1Br)N(c1ccc(F)cc1)C[C@@H](CCC(C)(F)F)N(C)S2(=O)=O. The van der Waals surface area contributed by atoms with Gasteiger partial charge in [0.2, 0.25) is 15.9 Å². The van der Waals surface area contributed by atoms with Crippen molar-refractivity contribution in [2.24, 2.45) is 0 Å². The van der Waals surface area contributed by atoms with Crippen molar-refractivity contribution >= 4 is 37.3 Å². The summed E-state index contributed by atoms with van der Waals surface area (Å²) in [6.07, 6.45) is -0.499. The fraction of sp³-hybridized carbons (Fsp3) is 0.400. The lowest BCUT2D eigenvalue weighted by atomic mass is 10.1. The Labute approximate surface area is 182 Å². The topological polar surface area (TPSA) is 49.9 Å². The van der Waals surface area contributed by atoms with Crippen molar-refractivity contribution in [2.75, 3.05) is 25.6 Å². The third-order valence-electron chi connectivity index (χ3n) is 5.14. The van der Waals surface area contributed by atoms with Gasteiger partial charge in [-0.3, -0.25) is 0 Å². The summed E-state index contributed by atoms with van der Waals surface area (Å²) in [4.78, 5) is 1.69. The summed E-state index contributed by atoms with van der Waals surface area (Å²) < 4.78 is 74.2. The molecule has 0 saturated carbocycles. The van der Waals surface area contributed by atoms with Crippen LogP contribution < -0.4 is 9.64 Å². The van der Waals surface area contributed by atoms with Crippen molar-refractivity contribution in [1.29, 1.82) is 0 Å². The number of hydrogen-bond donors (Lipinski definition) is 0. The van der Waals surface area contributed by atoms with E-state index in [1.165, 1.54) is 44.5 Å². The summed E-state index contributed by atoms with van der Waals surface area (Å²) in [6.45, 7) is 0.940. The van der Waals surface area contributed by atoms with E-state index in [1.54, 1.807) is 11.0 Å². The summed E-state index contributed by atoms with van der Waals surface area (Å²) in [5.41, 5.74) is 0.903. The van der Waals surface area contributed by atoms with Gasteiger partial charge >= 0.3 is 0 Å². The van der Waals surface area contributed by atoms with Gasteiger partial charge in [0.15, 0.2) is 0 Å². The van der Waals surface area contributed by atoms with Crippen LogP contribution in [0.15, 0.2) is 45.8 Å². The zero-order valence-electron chi connectivity index (χ0n) is 16.7. The van der Waals surface area contributed by atoms with Gasteiger partial charge in [0.1, 0.15) is 16.5 Å². The monoisotopic (exact) mass is 506 g/mol. The molecule has 1 atom stereocenters. The minimum atomic E-state index is -4.00. The van der Waals surface area contributed by atoms with Crippen LogP contribution >= 0.6 is 15.9 Å². The minimum Gasteiger partial charge on any atom is -0.496 e. The van der Waals surface area contributed by atoms with Gasteiger partial charge in [-0.2, -0.15) is 4.31 Å². The fourth-order valence-corrected chi connectivity index (χ4v) is 5.49. The normalized spacial score (nSPS) is 19.3. The van der Waals surface area contributed by atoms with E-state index in [2.05, 4.69) is 15.9 Å². The first-order valence-corrected chi connectivity index (χ1v) is 11.4. The van der Waals surface area contributed by atoms with Crippen molar-refractivity contribution in [3.63, 3.8) is 0 Å². The number of halogens is 4. The molecule has 3 rings (SSSR count). The molecule has 1 aliphatic rings. The first-order valence-electron chi connectivity index (χ1n) is 9.20. The second-order valence-corrected chi connectivity index (χ2v) is 10.1. The van der Waals surface area contributed by atoms with Crippen LogP contribution in [0.5, 0.6) is 5.75 Å². The molecule has 0 bridgehead atoms. The Morgan fingerprint density at radius 3 is 2.43 bits per heavy atom. The third kappa shape index (κ3) is 4.60. The molecule has 0 aromatic heterocycles. The lowest BCUT2D eigenvalue weighted by molar-refractivity contribution is 0.00680. The molecule has 0 N–H and O–H groups in total. The molecule has 10 heteroatoms. The van der Waals surface area contributed by atoms with E-state index in [9.17, 15) is 21.6 Å². The van der Waals surface area contributed by atoms with Gasteiger partial charge in [0, 0.05) is 37.8 Å². The van der Waals surface area contributed by atoms with E-state index < -0.39 is 34.2 Å². The summed E-state index contributed by atoms with van der Waals surface area (Å²) in [6, 6.07) is 7.89. The molecule has 0 saturated heterocycles. The molecule has 0 radical (unpaired) electrons. The summed E-state index contributed by atoms with van der Waals surface area (Å²) in [7, 11) is -1.19. The number of benzene rings is 2. The molecule has 0 amide bonds. The van der Waals surface area contributed by atoms with Crippen molar-refractivity contribution in [2.45, 2.75) is 36.6 Å². The number of alkyl halides is 2. The van der Waals surface area contributed by atoms with Crippen LogP contribution in [0, 0.1) is 5.82 Å². The quantitative estimate of drug-likeness (QED) is 0.561. The standard InChI is InChI=1S/C20H22BrF3N2O3S/c1-20(23,24)9-8-15-12-26(14-6-4-13(22)5-7-14)17-10-16(21)18(29-3)11-19(17)30(27,28)25(15)2/h4-7,10-11,15H,8-9,12H2,1-3H3/t15-/m1/s1. The number of nitrogens with zero attached hydrogens (tertiary/aromatic N) is 2. The molecule has 0 unspecified atom stereocenters. The summed E-state index contributed by atoms with van der Waals surface area (Å²) in [5.74, 6) is -3.03. The second-order valence-electron chi connectivity index (χ2n) is 7.33. The molecule has 2 aromatic rings. The fourth-order valence-electron chi connectivity index (χ4n) is 3.43. The number of ether oxygens (including phenoxy) is 1. The van der Waals surface area contributed by atoms with Crippen molar-refractivity contribution in [3.8, 4) is 5.75 Å². The Bertz CT molecular complexity index is 1030. The molecule has 1 aliphatic heterocycles. The second kappa shape index (κ2) is 8.39. The van der Waals surface area contributed by atoms with E-state index in [1.807, 2.05) is 0 Å². The van der Waals surface area contributed by atoms with Crippen LogP contribution in [0.1, 0.15) is 19.8 Å². The van der Waals surface area contributed by atoms with Gasteiger partial charge in [0.25, 0.3) is 0 Å². The predicted octanol–water partition coefficient (Wildman–Crippen LogP) is 5.17. The molecule has 164 valence electrons. The molecular formula is C20H22BrF3N2O3S. The van der Waals surface area contributed by atoms with Crippen LogP contribution in [0.3, 0.4) is 0 Å². The number of hydrogen-bond acceptors (Lipinski definition) is 4. The van der Waals surface area contributed by atoms with E-state index in [-0.39, 0.29) is 17.9 Å². The van der Waals surface area contributed by atoms with Crippen LogP contribution in [-0.4, -0.2) is 45.4 Å². The number of fused-ring (bicyclic) bond motifs is 1. The zero-order chi connectivity index (χ0) is 22.3. The number of likely N-dealkylation sites (N-methyl/N-ethyl adjacent to an activating group) is 1. The largest absolute Gasteiger partial charge is 0.496 e. The maximum atomic E-state index is 13.5. The Balaban J connectivity index is 2.18. The van der Waals surface area contributed by atoms with E-state index in [0.29, 0.717) is 21.6 Å². The van der Waals surface area contributed by atoms with Gasteiger partial charge in [-0.1, -0.05) is 0 Å².